The predicted molar refractivity (Wildman–Crippen MR) is 60.5 cm³/mol. The fourth-order valence-corrected chi connectivity index (χ4v) is 1.60. The molecule has 0 spiro atoms. The number of carbonyl (C=O) groups is 1. The molecule has 0 bridgehead atoms. The number of urea groups is 1. The van der Waals surface area contributed by atoms with E-state index in [9.17, 15) is 4.79 Å². The molecule has 2 N–H and O–H groups in total. The maximum atomic E-state index is 11.2. The quantitative estimate of drug-likeness (QED) is 0.540. The molecule has 1 aliphatic rings. The highest BCUT2D eigenvalue weighted by atomic mass is 16.5. The fourth-order valence-electron chi connectivity index (χ4n) is 1.60. The average Bonchev–Trinajstić information content (AvgIpc) is 2.69. The van der Waals surface area contributed by atoms with Crippen LogP contribution in [0.25, 0.3) is 0 Å². The summed E-state index contributed by atoms with van der Waals surface area (Å²) in [5.74, 6) is 0. The molecular weight excluding hydrogens is 210 g/mol. The Morgan fingerprint density at radius 2 is 2.38 bits per heavy atom. The summed E-state index contributed by atoms with van der Waals surface area (Å²) in [5.41, 5.74) is 0. The minimum Gasteiger partial charge on any atom is -0.382 e. The van der Waals surface area contributed by atoms with E-state index in [1.54, 1.807) is 19.1 Å². The number of nitrogens with one attached hydrogen (secondary N) is 2. The van der Waals surface area contributed by atoms with Crippen molar-refractivity contribution in [3.63, 3.8) is 0 Å². The first-order valence-electron chi connectivity index (χ1n) is 5.53. The number of carbonyl (C=O) groups excluding carboxylic acids is 1. The topological polar surface area (TPSA) is 62.8 Å². The molecule has 0 aromatic rings. The van der Waals surface area contributed by atoms with Gasteiger partial charge < -0.3 is 25.0 Å². The van der Waals surface area contributed by atoms with Gasteiger partial charge in [0.05, 0.1) is 12.7 Å². The van der Waals surface area contributed by atoms with Crippen LogP contribution in [0.3, 0.4) is 0 Å². The lowest BCUT2D eigenvalue weighted by Gasteiger charge is -2.17. The summed E-state index contributed by atoms with van der Waals surface area (Å²) in [6, 6.07) is 0.0296. The highest BCUT2D eigenvalue weighted by Crippen LogP contribution is 1.94. The molecule has 1 aliphatic heterocycles. The van der Waals surface area contributed by atoms with Crippen LogP contribution < -0.4 is 10.6 Å². The number of methoxy groups -OCH3 is 2. The summed E-state index contributed by atoms with van der Waals surface area (Å²) < 4.78 is 10.2. The second-order valence-electron chi connectivity index (χ2n) is 3.74. The van der Waals surface area contributed by atoms with Crippen LogP contribution in [0.15, 0.2) is 0 Å². The lowest BCUT2D eigenvalue weighted by molar-refractivity contribution is 0.0289. The van der Waals surface area contributed by atoms with Crippen LogP contribution >= 0.6 is 0 Å². The second-order valence-corrected chi connectivity index (χ2v) is 3.74. The third kappa shape index (κ3) is 4.34. The Hall–Kier alpha value is -0.850. The molecule has 0 radical (unpaired) electrons. The van der Waals surface area contributed by atoms with Crippen molar-refractivity contribution in [3.05, 3.63) is 0 Å². The maximum absolute atomic E-state index is 11.2. The molecule has 6 heteroatoms. The number of ether oxygens (including phenoxy) is 2. The van der Waals surface area contributed by atoms with Crippen LogP contribution in [0.4, 0.5) is 4.79 Å². The molecule has 1 fully saturated rings. The van der Waals surface area contributed by atoms with Crippen LogP contribution in [-0.4, -0.2) is 70.6 Å². The smallest absolute Gasteiger partial charge is 0.317 e. The molecule has 1 atom stereocenters. The predicted octanol–water partition coefficient (Wildman–Crippen LogP) is -0.737. The van der Waals surface area contributed by atoms with E-state index in [0.717, 1.165) is 32.7 Å². The molecule has 94 valence electrons. The van der Waals surface area contributed by atoms with Crippen molar-refractivity contribution in [2.45, 2.75) is 6.10 Å². The van der Waals surface area contributed by atoms with Crippen molar-refractivity contribution >= 4 is 6.03 Å². The van der Waals surface area contributed by atoms with E-state index < -0.39 is 0 Å². The van der Waals surface area contributed by atoms with Gasteiger partial charge >= 0.3 is 6.03 Å². The van der Waals surface area contributed by atoms with Crippen LogP contribution in [0.5, 0.6) is 0 Å². The number of hydrogen-bond donors (Lipinski definition) is 2. The van der Waals surface area contributed by atoms with Crippen LogP contribution in [0, 0.1) is 0 Å². The molecule has 16 heavy (non-hydrogen) atoms. The van der Waals surface area contributed by atoms with E-state index in [1.807, 2.05) is 0 Å². The monoisotopic (exact) mass is 231 g/mol. The second kappa shape index (κ2) is 7.43. The van der Waals surface area contributed by atoms with Gasteiger partial charge in [-0.2, -0.15) is 0 Å². The zero-order valence-corrected chi connectivity index (χ0v) is 9.99. The Bertz CT molecular complexity index is 213. The van der Waals surface area contributed by atoms with Gasteiger partial charge in [0.2, 0.25) is 0 Å². The van der Waals surface area contributed by atoms with Gasteiger partial charge in [0.1, 0.15) is 0 Å². The van der Waals surface area contributed by atoms with Gasteiger partial charge in [0.25, 0.3) is 0 Å². The Kier molecular flexibility index (Phi) is 6.14. The summed E-state index contributed by atoms with van der Waals surface area (Å²) in [4.78, 5) is 13.0. The zero-order valence-electron chi connectivity index (χ0n) is 9.99. The standard InChI is InChI=1S/C10H21N3O3/c1-15-8-9(16-2)7-11-3-5-13-6-4-12-10(13)14/h9,11H,3-8H2,1-2H3,(H,12,14). The van der Waals surface area contributed by atoms with Crippen molar-refractivity contribution in [1.82, 2.24) is 15.5 Å². The summed E-state index contributed by atoms with van der Waals surface area (Å²) in [6.45, 7) is 4.37. The lowest BCUT2D eigenvalue weighted by atomic mass is 10.3. The molecule has 0 aromatic carbocycles. The number of rotatable bonds is 8. The lowest BCUT2D eigenvalue weighted by Crippen LogP contribution is -2.38. The van der Waals surface area contributed by atoms with E-state index in [2.05, 4.69) is 10.6 Å². The number of amides is 2. The van der Waals surface area contributed by atoms with Gasteiger partial charge in [-0.25, -0.2) is 4.79 Å². The molecule has 0 aromatic heterocycles. The van der Waals surface area contributed by atoms with Gasteiger partial charge in [-0.3, -0.25) is 0 Å². The summed E-state index contributed by atoms with van der Waals surface area (Å²) in [7, 11) is 3.32. The van der Waals surface area contributed by atoms with Gasteiger partial charge in [0.15, 0.2) is 0 Å². The van der Waals surface area contributed by atoms with E-state index in [4.69, 9.17) is 9.47 Å². The molecule has 2 amide bonds. The largest absolute Gasteiger partial charge is 0.382 e. The van der Waals surface area contributed by atoms with Crippen LogP contribution in [0.1, 0.15) is 0 Å². The Morgan fingerprint density at radius 3 is 2.94 bits per heavy atom. The maximum Gasteiger partial charge on any atom is 0.317 e. The molecule has 1 rings (SSSR count). The minimum atomic E-state index is 0.0296. The Labute approximate surface area is 96.3 Å². The highest BCUT2D eigenvalue weighted by Gasteiger charge is 2.18. The van der Waals surface area contributed by atoms with E-state index in [0.29, 0.717) is 6.61 Å². The number of hydrogen-bond acceptors (Lipinski definition) is 4. The summed E-state index contributed by atoms with van der Waals surface area (Å²) >= 11 is 0. The van der Waals surface area contributed by atoms with Crippen molar-refractivity contribution < 1.29 is 14.3 Å². The Morgan fingerprint density at radius 1 is 1.56 bits per heavy atom. The summed E-state index contributed by atoms with van der Waals surface area (Å²) in [5, 5.41) is 6.01. The first-order valence-corrected chi connectivity index (χ1v) is 5.53. The molecule has 6 nitrogen and oxygen atoms in total. The molecular formula is C10H21N3O3. The number of nitrogens with zero attached hydrogens (tertiary/aromatic N) is 1. The zero-order chi connectivity index (χ0) is 11.8. The molecule has 1 heterocycles. The van der Waals surface area contributed by atoms with Crippen molar-refractivity contribution in [2.24, 2.45) is 0 Å². The van der Waals surface area contributed by atoms with Crippen molar-refractivity contribution in [1.29, 1.82) is 0 Å². The van der Waals surface area contributed by atoms with E-state index in [1.165, 1.54) is 0 Å². The van der Waals surface area contributed by atoms with Gasteiger partial charge in [-0.1, -0.05) is 0 Å². The van der Waals surface area contributed by atoms with Crippen molar-refractivity contribution in [3.8, 4) is 0 Å². The normalized spacial score (nSPS) is 17.6. The first kappa shape index (κ1) is 13.2. The first-order chi connectivity index (χ1) is 7.77. The average molecular weight is 231 g/mol. The third-order valence-corrected chi connectivity index (χ3v) is 2.56. The van der Waals surface area contributed by atoms with Gasteiger partial charge in [-0.15, -0.1) is 0 Å². The minimum absolute atomic E-state index is 0.0296. The van der Waals surface area contributed by atoms with E-state index >= 15 is 0 Å². The van der Waals surface area contributed by atoms with Crippen molar-refractivity contribution in [2.75, 3.05) is 53.6 Å². The highest BCUT2D eigenvalue weighted by molar-refractivity contribution is 5.76. The fraction of sp³-hybridized carbons (Fsp3) is 0.900. The molecule has 1 unspecified atom stereocenters. The third-order valence-electron chi connectivity index (χ3n) is 2.56. The SMILES string of the molecule is COCC(CNCCN1CCNC1=O)OC. The summed E-state index contributed by atoms with van der Waals surface area (Å²) in [6.07, 6.45) is 0.0670. The van der Waals surface area contributed by atoms with Crippen LogP contribution in [-0.2, 0) is 9.47 Å². The molecule has 0 saturated carbocycles. The van der Waals surface area contributed by atoms with Crippen LogP contribution in [0.2, 0.25) is 0 Å². The van der Waals surface area contributed by atoms with Gasteiger partial charge in [0, 0.05) is 46.9 Å². The molecule has 0 aliphatic carbocycles. The van der Waals surface area contributed by atoms with Gasteiger partial charge in [-0.05, 0) is 0 Å². The Balaban J connectivity index is 2.04. The van der Waals surface area contributed by atoms with E-state index in [-0.39, 0.29) is 12.1 Å². The molecule has 1 saturated heterocycles.